The van der Waals surface area contributed by atoms with Crippen LogP contribution >= 0.6 is 0 Å². The van der Waals surface area contributed by atoms with Gasteiger partial charge in [0, 0.05) is 38.6 Å². The Morgan fingerprint density at radius 1 is 1.40 bits per heavy atom. The topological polar surface area (TPSA) is 93.6 Å². The lowest BCUT2D eigenvalue weighted by atomic mass is 9.82. The number of aryl methyl sites for hydroxylation is 1. The molecular weight excluding hydrogens is 326 g/mol. The average Bonchev–Trinajstić information content (AvgIpc) is 2.60. The molecule has 2 saturated heterocycles. The van der Waals surface area contributed by atoms with Crippen molar-refractivity contribution in [2.45, 2.75) is 50.9 Å². The van der Waals surface area contributed by atoms with Gasteiger partial charge < -0.3 is 14.4 Å². The van der Waals surface area contributed by atoms with E-state index in [1.807, 2.05) is 0 Å². The van der Waals surface area contributed by atoms with Crippen molar-refractivity contribution in [1.29, 1.82) is 0 Å². The molecule has 1 amide bonds. The fraction of sp³-hybridized carbons (Fsp3) is 0.706. The Morgan fingerprint density at radius 2 is 2.12 bits per heavy atom. The van der Waals surface area contributed by atoms with E-state index in [2.05, 4.69) is 4.98 Å². The van der Waals surface area contributed by atoms with E-state index >= 15 is 0 Å². The van der Waals surface area contributed by atoms with Gasteiger partial charge in [-0.2, -0.15) is 0 Å². The van der Waals surface area contributed by atoms with E-state index in [0.717, 1.165) is 32.3 Å². The lowest BCUT2D eigenvalue weighted by Crippen LogP contribution is -2.57. The van der Waals surface area contributed by atoms with Crippen molar-refractivity contribution < 1.29 is 14.3 Å². The number of hydrogen-bond acceptors (Lipinski definition) is 5. The molecule has 1 aromatic rings. The fourth-order valence-corrected chi connectivity index (χ4v) is 3.82. The molecule has 138 valence electrons. The van der Waals surface area contributed by atoms with Gasteiger partial charge in [0.25, 0.3) is 5.56 Å². The first-order valence-electron chi connectivity index (χ1n) is 8.70. The highest BCUT2D eigenvalue weighted by Crippen LogP contribution is 2.36. The van der Waals surface area contributed by atoms with Crippen LogP contribution < -0.4 is 11.2 Å². The largest absolute Gasteiger partial charge is 0.378 e. The van der Waals surface area contributed by atoms with Gasteiger partial charge in [0.05, 0.1) is 11.7 Å². The molecule has 8 nitrogen and oxygen atoms in total. The second kappa shape index (κ2) is 7.13. The van der Waals surface area contributed by atoms with E-state index < -0.39 is 11.2 Å². The second-order valence-corrected chi connectivity index (χ2v) is 6.86. The van der Waals surface area contributed by atoms with Crippen LogP contribution in [0.4, 0.5) is 0 Å². The number of aromatic nitrogens is 2. The zero-order valence-electron chi connectivity index (χ0n) is 14.7. The van der Waals surface area contributed by atoms with E-state index in [9.17, 15) is 14.4 Å². The van der Waals surface area contributed by atoms with Crippen LogP contribution in [-0.2, 0) is 20.8 Å². The average molecular weight is 351 g/mol. The summed E-state index contributed by atoms with van der Waals surface area (Å²) in [6, 6.07) is 0. The number of nitrogens with zero attached hydrogens (tertiary/aromatic N) is 2. The molecule has 1 spiro atoms. The number of carbonyl (C=O) groups is 1. The van der Waals surface area contributed by atoms with Crippen molar-refractivity contribution in [3.8, 4) is 0 Å². The number of aromatic amines is 1. The van der Waals surface area contributed by atoms with Gasteiger partial charge >= 0.3 is 5.69 Å². The van der Waals surface area contributed by atoms with Crippen LogP contribution in [0.1, 0.15) is 31.2 Å². The normalized spacial score (nSPS) is 23.0. The van der Waals surface area contributed by atoms with Crippen LogP contribution in [0.2, 0.25) is 0 Å². The van der Waals surface area contributed by atoms with E-state index in [-0.39, 0.29) is 24.2 Å². The predicted octanol–water partition coefficient (Wildman–Crippen LogP) is 0.0316. The Hall–Kier alpha value is -1.93. The standard InChI is InChI=1S/C17H25N3O5/c1-12-10-20(16(23)18-15(12)22)11-14(21)19-7-5-17(6-8-19)13(24-2)4-3-9-25-17/h10,13H,3-9,11H2,1-2H3,(H,18,22,23). The molecule has 2 aliphatic heterocycles. The molecule has 0 aromatic carbocycles. The monoisotopic (exact) mass is 351 g/mol. The van der Waals surface area contributed by atoms with Crippen LogP contribution in [0.15, 0.2) is 15.8 Å². The second-order valence-electron chi connectivity index (χ2n) is 6.86. The number of piperidine rings is 1. The summed E-state index contributed by atoms with van der Waals surface area (Å²) in [6.07, 6.45) is 4.94. The summed E-state index contributed by atoms with van der Waals surface area (Å²) in [5.41, 5.74) is -0.875. The molecule has 8 heteroatoms. The van der Waals surface area contributed by atoms with E-state index in [4.69, 9.17) is 9.47 Å². The van der Waals surface area contributed by atoms with Gasteiger partial charge in [0.2, 0.25) is 5.91 Å². The number of ether oxygens (including phenoxy) is 2. The Morgan fingerprint density at radius 3 is 2.80 bits per heavy atom. The zero-order valence-corrected chi connectivity index (χ0v) is 14.7. The van der Waals surface area contributed by atoms with Crippen LogP contribution in [0.25, 0.3) is 0 Å². The third-order valence-electron chi connectivity index (χ3n) is 5.33. The number of H-pyrrole nitrogens is 1. The van der Waals surface area contributed by atoms with Gasteiger partial charge in [-0.3, -0.25) is 19.1 Å². The van der Waals surface area contributed by atoms with Crippen LogP contribution in [0.3, 0.4) is 0 Å². The molecule has 2 aliphatic rings. The Labute approximate surface area is 145 Å². The number of rotatable bonds is 3. The van der Waals surface area contributed by atoms with Crippen molar-refractivity contribution in [3.63, 3.8) is 0 Å². The third-order valence-corrected chi connectivity index (χ3v) is 5.33. The molecule has 1 aromatic heterocycles. The van der Waals surface area contributed by atoms with E-state index in [1.165, 1.54) is 10.8 Å². The summed E-state index contributed by atoms with van der Waals surface area (Å²) in [7, 11) is 1.71. The Kier molecular flexibility index (Phi) is 5.10. The van der Waals surface area contributed by atoms with Gasteiger partial charge in [-0.15, -0.1) is 0 Å². The summed E-state index contributed by atoms with van der Waals surface area (Å²) in [5, 5.41) is 0. The molecule has 0 bridgehead atoms. The predicted molar refractivity (Wildman–Crippen MR) is 90.6 cm³/mol. The molecule has 1 N–H and O–H groups in total. The summed E-state index contributed by atoms with van der Waals surface area (Å²) in [4.78, 5) is 39.8. The molecule has 3 heterocycles. The number of likely N-dealkylation sites (tertiary alicyclic amines) is 1. The quantitative estimate of drug-likeness (QED) is 0.829. The highest BCUT2D eigenvalue weighted by molar-refractivity contribution is 5.76. The molecular formula is C17H25N3O5. The third kappa shape index (κ3) is 3.55. The Balaban J connectivity index is 1.65. The van der Waals surface area contributed by atoms with E-state index in [0.29, 0.717) is 18.7 Å². The first kappa shape index (κ1) is 17.9. The van der Waals surface area contributed by atoms with Crippen LogP contribution in [-0.4, -0.2) is 58.9 Å². The first-order valence-corrected chi connectivity index (χ1v) is 8.70. The molecule has 2 fully saturated rings. The minimum atomic E-state index is -0.563. The maximum absolute atomic E-state index is 12.5. The lowest BCUT2D eigenvalue weighted by Gasteiger charge is -2.48. The van der Waals surface area contributed by atoms with Crippen LogP contribution in [0.5, 0.6) is 0 Å². The van der Waals surface area contributed by atoms with Gasteiger partial charge in [-0.1, -0.05) is 0 Å². The van der Waals surface area contributed by atoms with Crippen molar-refractivity contribution >= 4 is 5.91 Å². The summed E-state index contributed by atoms with van der Waals surface area (Å²) in [6.45, 7) is 3.43. The minimum Gasteiger partial charge on any atom is -0.378 e. The molecule has 1 unspecified atom stereocenters. The first-order chi connectivity index (χ1) is 11.9. The van der Waals surface area contributed by atoms with Crippen LogP contribution in [0, 0.1) is 6.92 Å². The molecule has 25 heavy (non-hydrogen) atoms. The maximum Gasteiger partial charge on any atom is 0.328 e. The number of hydrogen-bond donors (Lipinski definition) is 1. The van der Waals surface area contributed by atoms with Gasteiger partial charge in [-0.25, -0.2) is 4.79 Å². The highest BCUT2D eigenvalue weighted by Gasteiger charge is 2.45. The Bertz CT molecular complexity index is 745. The SMILES string of the molecule is COC1CCCOC12CCN(C(=O)Cn1cc(C)c(=O)[nH]c1=O)CC2. The number of amides is 1. The van der Waals surface area contributed by atoms with Crippen molar-refractivity contribution in [3.05, 3.63) is 32.6 Å². The number of carbonyl (C=O) groups excluding carboxylic acids is 1. The smallest absolute Gasteiger partial charge is 0.328 e. The molecule has 1 atom stereocenters. The maximum atomic E-state index is 12.5. The van der Waals surface area contributed by atoms with Crippen molar-refractivity contribution in [2.75, 3.05) is 26.8 Å². The number of methoxy groups -OCH3 is 1. The van der Waals surface area contributed by atoms with Gasteiger partial charge in [-0.05, 0) is 32.6 Å². The molecule has 3 rings (SSSR count). The summed E-state index contributed by atoms with van der Waals surface area (Å²) < 4.78 is 12.9. The fourth-order valence-electron chi connectivity index (χ4n) is 3.82. The lowest BCUT2D eigenvalue weighted by molar-refractivity contribution is -0.188. The summed E-state index contributed by atoms with van der Waals surface area (Å²) in [5.74, 6) is -0.131. The van der Waals surface area contributed by atoms with Crippen molar-refractivity contribution in [1.82, 2.24) is 14.5 Å². The summed E-state index contributed by atoms with van der Waals surface area (Å²) >= 11 is 0. The highest BCUT2D eigenvalue weighted by atomic mass is 16.5. The zero-order chi connectivity index (χ0) is 18.0. The molecule has 0 radical (unpaired) electrons. The molecule has 0 aliphatic carbocycles. The van der Waals surface area contributed by atoms with Crippen molar-refractivity contribution in [2.24, 2.45) is 0 Å². The van der Waals surface area contributed by atoms with Gasteiger partial charge in [0.15, 0.2) is 0 Å². The van der Waals surface area contributed by atoms with Gasteiger partial charge in [0.1, 0.15) is 6.54 Å². The van der Waals surface area contributed by atoms with E-state index in [1.54, 1.807) is 18.9 Å². The number of nitrogens with one attached hydrogen (secondary N) is 1. The minimum absolute atomic E-state index is 0.0714. The molecule has 0 saturated carbocycles.